The number of carbonyl (C=O) groups excluding carboxylic acids is 2. The number of esters is 2. The second-order valence-corrected chi connectivity index (χ2v) is 9.88. The molecule has 3 saturated heterocycles. The van der Waals surface area contributed by atoms with Crippen LogP contribution in [0.4, 0.5) is 0 Å². The Morgan fingerprint density at radius 3 is 2.32 bits per heavy atom. The van der Waals surface area contributed by atoms with E-state index >= 15 is 0 Å². The molecule has 0 radical (unpaired) electrons. The third-order valence-electron chi connectivity index (χ3n) is 7.49. The first kappa shape index (κ1) is 25.0. The van der Waals surface area contributed by atoms with Gasteiger partial charge in [0, 0.05) is 12.5 Å². The Balaban J connectivity index is 1.27. The molecule has 0 N–H and O–H groups in total. The van der Waals surface area contributed by atoms with Gasteiger partial charge in [-0.15, -0.1) is 0 Å². The predicted octanol–water partition coefficient (Wildman–Crippen LogP) is 5.21. The average Bonchev–Trinajstić information content (AvgIpc) is 2.96. The van der Waals surface area contributed by atoms with Crippen molar-refractivity contribution in [3.8, 4) is 5.75 Å². The first-order valence-corrected chi connectivity index (χ1v) is 13.0. The summed E-state index contributed by atoms with van der Waals surface area (Å²) in [6, 6.07) is 25.2. The summed E-state index contributed by atoms with van der Waals surface area (Å²) in [5.74, 6) is 0.574. The van der Waals surface area contributed by atoms with Crippen molar-refractivity contribution in [1.29, 1.82) is 0 Å². The van der Waals surface area contributed by atoms with Gasteiger partial charge in [-0.2, -0.15) is 0 Å². The number of hydrogen-bond acceptors (Lipinski definition) is 6. The minimum absolute atomic E-state index is 0.00617. The predicted molar refractivity (Wildman–Crippen MR) is 141 cm³/mol. The van der Waals surface area contributed by atoms with E-state index in [2.05, 4.69) is 17.0 Å². The van der Waals surface area contributed by atoms with E-state index in [1.54, 1.807) is 12.1 Å². The fraction of sp³-hybridized carbons (Fsp3) is 0.355. The lowest BCUT2D eigenvalue weighted by molar-refractivity contribution is -0.159. The highest BCUT2D eigenvalue weighted by molar-refractivity contribution is 5.89. The Morgan fingerprint density at radius 2 is 1.65 bits per heavy atom. The summed E-state index contributed by atoms with van der Waals surface area (Å²) in [5.41, 5.74) is 3.53. The molecular weight excluding hydrogens is 466 g/mol. The van der Waals surface area contributed by atoms with Crippen LogP contribution in [-0.2, 0) is 20.9 Å². The number of fused-ring (bicyclic) bond motifs is 3. The topological polar surface area (TPSA) is 65.1 Å². The van der Waals surface area contributed by atoms with Crippen molar-refractivity contribution in [2.24, 2.45) is 5.92 Å². The molecule has 3 aromatic rings. The van der Waals surface area contributed by atoms with Crippen molar-refractivity contribution < 1.29 is 23.8 Å². The van der Waals surface area contributed by atoms with Gasteiger partial charge in [0.25, 0.3) is 0 Å². The minimum Gasteiger partial charge on any atom is -0.489 e. The van der Waals surface area contributed by atoms with Gasteiger partial charge >= 0.3 is 11.9 Å². The fourth-order valence-electron chi connectivity index (χ4n) is 5.38. The van der Waals surface area contributed by atoms with Crippen LogP contribution in [0, 0.1) is 5.92 Å². The van der Waals surface area contributed by atoms with Crippen LogP contribution in [0.15, 0.2) is 78.9 Å². The molecule has 2 bridgehead atoms. The van der Waals surface area contributed by atoms with Crippen LogP contribution in [-0.4, -0.2) is 49.7 Å². The summed E-state index contributed by atoms with van der Waals surface area (Å²) in [6.45, 7) is 3.46. The molecule has 0 spiro atoms. The molecule has 37 heavy (non-hydrogen) atoms. The average molecular weight is 500 g/mol. The molecule has 6 nitrogen and oxygen atoms in total. The number of nitrogens with zero attached hydrogens (tertiary/aromatic N) is 1. The van der Waals surface area contributed by atoms with Gasteiger partial charge in [0.05, 0.1) is 19.1 Å². The van der Waals surface area contributed by atoms with Gasteiger partial charge < -0.3 is 14.2 Å². The van der Waals surface area contributed by atoms with E-state index in [4.69, 9.17) is 14.2 Å². The first-order valence-electron chi connectivity index (χ1n) is 13.0. The molecule has 0 saturated carbocycles. The summed E-state index contributed by atoms with van der Waals surface area (Å²) >= 11 is 0. The van der Waals surface area contributed by atoms with Crippen LogP contribution in [0.3, 0.4) is 0 Å². The largest absolute Gasteiger partial charge is 0.489 e. The van der Waals surface area contributed by atoms with Gasteiger partial charge in [-0.05, 0) is 72.8 Å². The molecule has 3 aliphatic rings. The molecule has 0 aliphatic carbocycles. The number of methoxy groups -OCH3 is 1. The zero-order chi connectivity index (χ0) is 25.6. The number of rotatable bonds is 9. The van der Waals surface area contributed by atoms with Crippen LogP contribution in [0.2, 0.25) is 0 Å². The maximum absolute atomic E-state index is 13.1. The highest BCUT2D eigenvalue weighted by atomic mass is 16.5. The lowest BCUT2D eigenvalue weighted by Crippen LogP contribution is -2.52. The molecule has 0 amide bonds. The van der Waals surface area contributed by atoms with E-state index in [-0.39, 0.29) is 30.4 Å². The van der Waals surface area contributed by atoms with Crippen molar-refractivity contribution in [3.05, 3.63) is 101 Å². The van der Waals surface area contributed by atoms with Gasteiger partial charge in [0.15, 0.2) is 0 Å². The highest BCUT2D eigenvalue weighted by Crippen LogP contribution is 2.33. The van der Waals surface area contributed by atoms with Crippen molar-refractivity contribution in [1.82, 2.24) is 4.90 Å². The molecule has 3 aliphatic heterocycles. The molecule has 3 aromatic carbocycles. The minimum atomic E-state index is -0.362. The standard InChI is InChI=1S/C31H33NO5/c1-35-31(34)25-12-10-22(11-13-25)21-36-27-9-5-8-26(18-27)28(23-6-3-2-4-7-23)19-30(33)37-29-20-32-16-14-24(29)15-17-32/h2-13,18,24,28-29H,14-17,19-21H2,1H3/t28-,29-/m0/s1. The van der Waals surface area contributed by atoms with Crippen LogP contribution >= 0.6 is 0 Å². The molecular formula is C31H33NO5. The number of carbonyl (C=O) groups is 2. The number of benzene rings is 3. The van der Waals surface area contributed by atoms with Crippen molar-refractivity contribution in [2.45, 2.75) is 37.9 Å². The van der Waals surface area contributed by atoms with Crippen molar-refractivity contribution >= 4 is 11.9 Å². The van der Waals surface area contributed by atoms with E-state index < -0.39 is 0 Å². The van der Waals surface area contributed by atoms with Crippen LogP contribution in [0.5, 0.6) is 5.75 Å². The fourth-order valence-corrected chi connectivity index (χ4v) is 5.38. The zero-order valence-electron chi connectivity index (χ0n) is 21.2. The smallest absolute Gasteiger partial charge is 0.337 e. The summed E-state index contributed by atoms with van der Waals surface area (Å²) < 4.78 is 16.8. The Kier molecular flexibility index (Phi) is 7.85. The highest BCUT2D eigenvalue weighted by Gasteiger charge is 2.36. The summed E-state index contributed by atoms with van der Waals surface area (Å²) in [4.78, 5) is 27.2. The second-order valence-electron chi connectivity index (χ2n) is 9.88. The molecule has 192 valence electrons. The Hall–Kier alpha value is -3.64. The van der Waals surface area contributed by atoms with Crippen LogP contribution < -0.4 is 4.74 Å². The van der Waals surface area contributed by atoms with Gasteiger partial charge in [-0.3, -0.25) is 9.69 Å². The maximum Gasteiger partial charge on any atom is 0.337 e. The molecule has 3 fully saturated rings. The monoisotopic (exact) mass is 499 g/mol. The van der Waals surface area contributed by atoms with E-state index in [0.29, 0.717) is 18.1 Å². The Labute approximate surface area is 218 Å². The van der Waals surface area contributed by atoms with E-state index in [0.717, 1.165) is 54.9 Å². The Bertz CT molecular complexity index is 1200. The third-order valence-corrected chi connectivity index (χ3v) is 7.49. The van der Waals surface area contributed by atoms with Gasteiger partial charge in [-0.25, -0.2) is 4.79 Å². The van der Waals surface area contributed by atoms with E-state index in [1.807, 2.05) is 54.6 Å². The molecule has 6 rings (SSSR count). The SMILES string of the molecule is COC(=O)c1ccc(COc2cccc([C@@H](CC(=O)O[C@H]3CN4CCC3CC4)c3ccccc3)c2)cc1. The Morgan fingerprint density at radius 1 is 0.919 bits per heavy atom. The normalized spacial score (nSPS) is 21.2. The molecule has 0 aromatic heterocycles. The van der Waals surface area contributed by atoms with Crippen molar-refractivity contribution in [2.75, 3.05) is 26.7 Å². The molecule has 2 atom stereocenters. The van der Waals surface area contributed by atoms with E-state index in [9.17, 15) is 9.59 Å². The maximum atomic E-state index is 13.1. The quantitative estimate of drug-likeness (QED) is 0.377. The second kappa shape index (κ2) is 11.6. The van der Waals surface area contributed by atoms with Crippen molar-refractivity contribution in [3.63, 3.8) is 0 Å². The van der Waals surface area contributed by atoms with E-state index in [1.165, 1.54) is 7.11 Å². The van der Waals surface area contributed by atoms with Gasteiger partial charge in [0.1, 0.15) is 18.5 Å². The summed E-state index contributed by atoms with van der Waals surface area (Å²) in [6.07, 6.45) is 2.52. The number of ether oxygens (including phenoxy) is 3. The number of piperidine rings is 3. The van der Waals surface area contributed by atoms with Crippen LogP contribution in [0.25, 0.3) is 0 Å². The number of hydrogen-bond donors (Lipinski definition) is 0. The molecule has 6 heteroatoms. The molecule has 0 unspecified atom stereocenters. The molecule has 3 heterocycles. The summed E-state index contributed by atoms with van der Waals surface area (Å²) in [5, 5.41) is 0. The van der Waals surface area contributed by atoms with Crippen LogP contribution in [0.1, 0.15) is 52.2 Å². The third kappa shape index (κ3) is 6.20. The van der Waals surface area contributed by atoms with Gasteiger partial charge in [0.2, 0.25) is 0 Å². The lowest BCUT2D eigenvalue weighted by atomic mass is 9.85. The summed E-state index contributed by atoms with van der Waals surface area (Å²) in [7, 11) is 1.37. The first-order chi connectivity index (χ1) is 18.1. The lowest BCUT2D eigenvalue weighted by Gasteiger charge is -2.44. The zero-order valence-corrected chi connectivity index (χ0v) is 21.2. The van der Waals surface area contributed by atoms with Gasteiger partial charge in [-0.1, -0.05) is 54.6 Å².